The second-order valence-electron chi connectivity index (χ2n) is 10.9. The number of ether oxygens (including phenoxy) is 3. The van der Waals surface area contributed by atoms with E-state index in [0.717, 1.165) is 25.7 Å². The van der Waals surface area contributed by atoms with Crippen LogP contribution in [0.3, 0.4) is 0 Å². The first-order chi connectivity index (χ1) is 20.8. The zero-order valence-corrected chi connectivity index (χ0v) is 23.5. The van der Waals surface area contributed by atoms with Gasteiger partial charge in [-0.3, -0.25) is 9.36 Å². The minimum absolute atomic E-state index is 0.0792. The van der Waals surface area contributed by atoms with Gasteiger partial charge in [0.05, 0.1) is 13.4 Å². The van der Waals surface area contributed by atoms with Crippen LogP contribution in [0.4, 0.5) is 10.6 Å². The fraction of sp³-hybridized carbons (Fsp3) is 0.483. The Morgan fingerprint density at radius 2 is 1.86 bits per heavy atom. The number of aromatic nitrogens is 4. The van der Waals surface area contributed by atoms with Crippen molar-refractivity contribution in [3.05, 3.63) is 36.4 Å². The monoisotopic (exact) mass is 591 g/mol. The van der Waals surface area contributed by atoms with Crippen molar-refractivity contribution in [1.82, 2.24) is 29.7 Å². The molecule has 2 aromatic heterocycles. The summed E-state index contributed by atoms with van der Waals surface area (Å²) in [5, 5.41) is 24.0. The number of benzene rings is 1. The number of anilines is 1. The molecular weight excluding hydrogens is 558 g/mol. The Morgan fingerprint density at radius 1 is 1.12 bits per heavy atom. The SMILES string of the molecule is COc1ccccc1OC(=O)N1CCC(CC#Cc2nc(N)c3ncn([C@@H]4O[C@H](C(=O)NC5CC5)[C@H](O)C4O)c3n2)CC1. The van der Waals surface area contributed by atoms with Crippen LogP contribution in [0.1, 0.15) is 44.2 Å². The number of methoxy groups -OCH3 is 1. The molecule has 1 aromatic carbocycles. The lowest BCUT2D eigenvalue weighted by molar-refractivity contribution is -0.137. The van der Waals surface area contributed by atoms with Crippen LogP contribution < -0.4 is 20.5 Å². The Hall–Kier alpha value is -4.45. The van der Waals surface area contributed by atoms with Crippen molar-refractivity contribution in [1.29, 1.82) is 0 Å². The number of hydrogen-bond acceptors (Lipinski definition) is 11. The first-order valence-corrected chi connectivity index (χ1v) is 14.2. The number of fused-ring (bicyclic) bond motifs is 1. The summed E-state index contributed by atoms with van der Waals surface area (Å²) >= 11 is 0. The Morgan fingerprint density at radius 3 is 2.58 bits per heavy atom. The number of likely N-dealkylation sites (tertiary alicyclic amines) is 1. The highest BCUT2D eigenvalue weighted by molar-refractivity contribution is 5.83. The van der Waals surface area contributed by atoms with E-state index in [9.17, 15) is 19.8 Å². The molecule has 226 valence electrons. The van der Waals surface area contributed by atoms with E-state index in [1.165, 1.54) is 18.0 Å². The number of carbonyl (C=O) groups is 2. The molecule has 5 N–H and O–H groups in total. The molecule has 43 heavy (non-hydrogen) atoms. The maximum Gasteiger partial charge on any atom is 0.415 e. The first kappa shape index (κ1) is 28.7. The summed E-state index contributed by atoms with van der Waals surface area (Å²) in [5.41, 5.74) is 6.68. The van der Waals surface area contributed by atoms with Crippen LogP contribution in [0.15, 0.2) is 30.6 Å². The van der Waals surface area contributed by atoms with Crippen LogP contribution >= 0.6 is 0 Å². The van der Waals surface area contributed by atoms with Crippen molar-refractivity contribution in [2.45, 2.75) is 62.7 Å². The number of nitrogens with zero attached hydrogens (tertiary/aromatic N) is 5. The molecule has 1 unspecified atom stereocenters. The lowest BCUT2D eigenvalue weighted by Gasteiger charge is -2.30. The van der Waals surface area contributed by atoms with Gasteiger partial charge in [0.15, 0.2) is 35.3 Å². The van der Waals surface area contributed by atoms with Crippen molar-refractivity contribution in [2.75, 3.05) is 25.9 Å². The standard InChI is InChI=1S/C29H33N7O7/c1-41-18-6-2-3-7-19(18)42-29(40)35-13-11-16(12-14-35)5-4-8-20-33-25(30)21-26(34-20)36(15-31-21)28-23(38)22(37)24(43-28)27(39)32-17-9-10-17/h2-3,6-7,15-17,22-24,28,37-38H,5,9-14H2,1H3,(H,32,39)(H2,30,33,34)/t22-,23?,24+,28-/m1/s1. The molecule has 2 saturated heterocycles. The highest BCUT2D eigenvalue weighted by atomic mass is 16.6. The second kappa shape index (κ2) is 12.0. The number of rotatable bonds is 6. The molecule has 2 aliphatic heterocycles. The molecule has 0 radical (unpaired) electrons. The molecule has 14 heteroatoms. The zero-order valence-electron chi connectivity index (χ0n) is 23.5. The maximum absolute atomic E-state index is 12.6. The summed E-state index contributed by atoms with van der Waals surface area (Å²) in [6.45, 7) is 1.09. The molecule has 6 rings (SSSR count). The van der Waals surface area contributed by atoms with Gasteiger partial charge in [0.1, 0.15) is 17.7 Å². The average Bonchev–Trinajstić information content (AvgIpc) is 3.64. The molecule has 4 atom stereocenters. The van der Waals surface area contributed by atoms with Gasteiger partial charge in [-0.05, 0) is 49.7 Å². The van der Waals surface area contributed by atoms with Crippen LogP contribution in [0.2, 0.25) is 0 Å². The fourth-order valence-electron chi connectivity index (χ4n) is 5.25. The molecule has 2 amide bonds. The smallest absolute Gasteiger partial charge is 0.415 e. The van der Waals surface area contributed by atoms with Gasteiger partial charge in [-0.1, -0.05) is 18.1 Å². The van der Waals surface area contributed by atoms with Gasteiger partial charge in [-0.25, -0.2) is 19.7 Å². The summed E-state index contributed by atoms with van der Waals surface area (Å²) in [6, 6.07) is 7.09. The van der Waals surface area contributed by atoms with Crippen molar-refractivity contribution in [2.24, 2.45) is 5.92 Å². The van der Waals surface area contributed by atoms with Crippen LogP contribution in [0.5, 0.6) is 11.5 Å². The van der Waals surface area contributed by atoms with Crippen molar-refractivity contribution in [3.63, 3.8) is 0 Å². The quantitative estimate of drug-likeness (QED) is 0.299. The van der Waals surface area contributed by atoms with Gasteiger partial charge >= 0.3 is 6.09 Å². The number of para-hydroxylation sites is 2. The van der Waals surface area contributed by atoms with Crippen LogP contribution in [-0.4, -0.2) is 91.2 Å². The van der Waals surface area contributed by atoms with E-state index in [4.69, 9.17) is 19.9 Å². The molecule has 3 aliphatic rings. The molecule has 0 spiro atoms. The molecule has 0 bridgehead atoms. The summed E-state index contributed by atoms with van der Waals surface area (Å²) in [4.78, 5) is 39.8. The number of aliphatic hydroxyl groups is 2. The van der Waals surface area contributed by atoms with Gasteiger partial charge in [-0.15, -0.1) is 0 Å². The Kier molecular flexibility index (Phi) is 8.02. The summed E-state index contributed by atoms with van der Waals surface area (Å²) in [7, 11) is 1.53. The number of aliphatic hydroxyl groups excluding tert-OH is 2. The number of amides is 2. The molecular formula is C29H33N7O7. The predicted molar refractivity (Wildman–Crippen MR) is 152 cm³/mol. The average molecular weight is 592 g/mol. The molecule has 1 aliphatic carbocycles. The van der Waals surface area contributed by atoms with Crippen LogP contribution in [-0.2, 0) is 9.53 Å². The molecule has 3 fully saturated rings. The van der Waals surface area contributed by atoms with Gasteiger partial charge < -0.3 is 40.4 Å². The van der Waals surface area contributed by atoms with E-state index in [0.29, 0.717) is 31.0 Å². The Bertz CT molecular complexity index is 1570. The Balaban J connectivity index is 1.08. The molecule has 3 aromatic rings. The van der Waals surface area contributed by atoms with E-state index in [1.807, 2.05) is 0 Å². The number of nitrogens with two attached hydrogens (primary N) is 1. The number of imidazole rings is 1. The van der Waals surface area contributed by atoms with Gasteiger partial charge in [0.25, 0.3) is 5.91 Å². The third kappa shape index (κ3) is 6.05. The fourth-order valence-corrected chi connectivity index (χ4v) is 5.25. The number of hydrogen-bond donors (Lipinski definition) is 4. The predicted octanol–water partition coefficient (Wildman–Crippen LogP) is 0.968. The lowest BCUT2D eigenvalue weighted by atomic mass is 9.94. The van der Waals surface area contributed by atoms with Crippen LogP contribution in [0.25, 0.3) is 11.2 Å². The van der Waals surface area contributed by atoms with Gasteiger partial charge in [-0.2, -0.15) is 0 Å². The first-order valence-electron chi connectivity index (χ1n) is 14.2. The normalized spacial score (nSPS) is 23.9. The van der Waals surface area contributed by atoms with E-state index in [-0.39, 0.29) is 34.8 Å². The lowest BCUT2D eigenvalue weighted by Crippen LogP contribution is -2.43. The van der Waals surface area contributed by atoms with Crippen molar-refractivity contribution >= 4 is 29.0 Å². The highest BCUT2D eigenvalue weighted by Gasteiger charge is 2.48. The molecule has 4 heterocycles. The summed E-state index contributed by atoms with van der Waals surface area (Å²) in [5.74, 6) is 7.03. The number of piperidine rings is 1. The van der Waals surface area contributed by atoms with E-state index >= 15 is 0 Å². The second-order valence-corrected chi connectivity index (χ2v) is 10.9. The van der Waals surface area contributed by atoms with Crippen LogP contribution in [0, 0.1) is 17.8 Å². The Labute approximate surface area is 247 Å². The number of nitrogen functional groups attached to an aromatic ring is 1. The zero-order chi connectivity index (χ0) is 30.1. The third-order valence-corrected chi connectivity index (χ3v) is 7.87. The minimum Gasteiger partial charge on any atom is -0.493 e. The number of nitrogens with one attached hydrogen (secondary N) is 1. The highest BCUT2D eigenvalue weighted by Crippen LogP contribution is 2.33. The maximum atomic E-state index is 12.6. The molecule has 14 nitrogen and oxygen atoms in total. The number of carbonyl (C=O) groups excluding carboxylic acids is 2. The molecule has 1 saturated carbocycles. The topological polar surface area (TPSA) is 187 Å². The minimum atomic E-state index is -1.42. The van der Waals surface area contributed by atoms with E-state index in [1.54, 1.807) is 29.2 Å². The third-order valence-electron chi connectivity index (χ3n) is 7.87. The van der Waals surface area contributed by atoms with Gasteiger partial charge in [0, 0.05) is 25.6 Å². The van der Waals surface area contributed by atoms with E-state index in [2.05, 4.69) is 32.1 Å². The van der Waals surface area contributed by atoms with Crippen molar-refractivity contribution in [3.8, 4) is 23.3 Å². The summed E-state index contributed by atoms with van der Waals surface area (Å²) in [6.07, 6.45) is -0.330. The largest absolute Gasteiger partial charge is 0.493 e. The van der Waals surface area contributed by atoms with Crippen molar-refractivity contribution < 1.29 is 34.0 Å². The van der Waals surface area contributed by atoms with E-state index < -0.39 is 36.5 Å². The summed E-state index contributed by atoms with van der Waals surface area (Å²) < 4.78 is 18.0. The van der Waals surface area contributed by atoms with Gasteiger partial charge in [0.2, 0.25) is 5.82 Å².